The van der Waals surface area contributed by atoms with Gasteiger partial charge in [0, 0.05) is 0 Å². The molecule has 2 aromatic carbocycles. The molecule has 4 nitrogen and oxygen atoms in total. The molecular weight excluding hydrogens is 369 g/mol. The van der Waals surface area contributed by atoms with E-state index in [9.17, 15) is 0 Å². The summed E-state index contributed by atoms with van der Waals surface area (Å²) in [4.78, 5) is 3.09. The van der Waals surface area contributed by atoms with Gasteiger partial charge in [0.05, 0.1) is 27.2 Å². The quantitative estimate of drug-likeness (QED) is 0.537. The maximum absolute atomic E-state index is 4.83. The molecular formula is C24H38MgN4+2. The van der Waals surface area contributed by atoms with Crippen molar-refractivity contribution in [1.82, 2.24) is 0 Å². The molecule has 0 spiro atoms. The van der Waals surface area contributed by atoms with Crippen molar-refractivity contribution < 1.29 is 9.80 Å². The Morgan fingerprint density at radius 1 is 0.586 bits per heavy atom. The van der Waals surface area contributed by atoms with Gasteiger partial charge in [-0.05, 0) is 27.7 Å². The molecule has 2 N–H and O–H groups in total. The molecule has 0 heterocycles. The number of rotatable bonds is 11. The number of hydrogen-bond acceptors (Lipinski definition) is 0. The molecule has 0 fully saturated rings. The number of nitrogens with one attached hydrogen (secondary N) is 2. The second kappa shape index (κ2) is 13.1. The van der Waals surface area contributed by atoms with Crippen LogP contribution in [0.4, 0.5) is 11.4 Å². The predicted molar refractivity (Wildman–Crippen MR) is 127 cm³/mol. The Hall–Kier alpha value is -1.27. The van der Waals surface area contributed by atoms with Crippen LogP contribution in [0, 0.1) is 27.7 Å². The first kappa shape index (κ1) is 25.8. The van der Waals surface area contributed by atoms with E-state index in [2.05, 4.69) is 78.2 Å². The van der Waals surface area contributed by atoms with Crippen LogP contribution in [0.3, 0.4) is 0 Å². The van der Waals surface area contributed by atoms with Gasteiger partial charge in [-0.3, -0.25) is 0 Å². The predicted octanol–water partition coefficient (Wildman–Crippen LogP) is 2.28. The minimum Gasteiger partial charge on any atom is -0.680 e. The SMILES string of the molecule is Cc1cccc(C)c1[N-]CC[NH+](C)CC[NH+](C)CC[N-]c1c(C)cccc1C.[Mg+2]. The van der Waals surface area contributed by atoms with E-state index in [0.29, 0.717) is 0 Å². The zero-order chi connectivity index (χ0) is 20.5. The monoisotopic (exact) mass is 406 g/mol. The molecule has 0 aliphatic carbocycles. The molecule has 2 atom stereocenters. The minimum absolute atomic E-state index is 0. The molecule has 0 saturated carbocycles. The van der Waals surface area contributed by atoms with Crippen LogP contribution in [-0.2, 0) is 0 Å². The Morgan fingerprint density at radius 2 is 0.897 bits per heavy atom. The molecule has 0 amide bonds. The molecule has 0 aliphatic rings. The van der Waals surface area contributed by atoms with Crippen LogP contribution in [-0.4, -0.2) is 76.4 Å². The van der Waals surface area contributed by atoms with Crippen molar-refractivity contribution >= 4 is 34.4 Å². The van der Waals surface area contributed by atoms with Gasteiger partial charge in [-0.15, -0.1) is 11.4 Å². The van der Waals surface area contributed by atoms with Crippen molar-refractivity contribution in [2.24, 2.45) is 0 Å². The first-order chi connectivity index (χ1) is 13.4. The number of aryl methyl sites for hydroxylation is 4. The molecule has 0 aromatic heterocycles. The largest absolute Gasteiger partial charge is 2.00 e. The topological polar surface area (TPSA) is 37.1 Å². The number of quaternary nitrogens is 2. The number of likely N-dealkylation sites (N-methyl/N-ethyl adjacent to an activating group) is 2. The zero-order valence-corrected chi connectivity index (χ0v) is 20.7. The molecule has 0 bridgehead atoms. The Balaban J connectivity index is 0.00000420. The van der Waals surface area contributed by atoms with E-state index in [4.69, 9.17) is 10.6 Å². The summed E-state index contributed by atoms with van der Waals surface area (Å²) >= 11 is 0. The number of benzene rings is 2. The van der Waals surface area contributed by atoms with Gasteiger partial charge >= 0.3 is 23.1 Å². The van der Waals surface area contributed by atoms with E-state index in [1.807, 2.05) is 0 Å². The van der Waals surface area contributed by atoms with E-state index in [0.717, 1.165) is 39.3 Å². The summed E-state index contributed by atoms with van der Waals surface area (Å²) < 4.78 is 0. The van der Waals surface area contributed by atoms with Gasteiger partial charge in [0.25, 0.3) is 0 Å². The number of para-hydroxylation sites is 2. The second-order valence-electron chi connectivity index (χ2n) is 8.16. The fraction of sp³-hybridized carbons (Fsp3) is 0.500. The van der Waals surface area contributed by atoms with E-state index < -0.39 is 0 Å². The van der Waals surface area contributed by atoms with Crippen molar-refractivity contribution in [2.75, 3.05) is 53.4 Å². The average molecular weight is 407 g/mol. The van der Waals surface area contributed by atoms with Crippen LogP contribution < -0.4 is 9.80 Å². The van der Waals surface area contributed by atoms with Gasteiger partial charge in [0.1, 0.15) is 13.1 Å². The third-order valence-corrected chi connectivity index (χ3v) is 5.47. The zero-order valence-electron chi connectivity index (χ0n) is 19.3. The molecule has 29 heavy (non-hydrogen) atoms. The van der Waals surface area contributed by atoms with Crippen molar-refractivity contribution in [3.63, 3.8) is 0 Å². The molecule has 2 aromatic rings. The maximum atomic E-state index is 4.83. The maximum Gasteiger partial charge on any atom is 2.00 e. The smallest absolute Gasteiger partial charge is 0.680 e. The van der Waals surface area contributed by atoms with E-state index >= 15 is 0 Å². The number of nitrogens with zero attached hydrogens (tertiary/aromatic N) is 2. The number of hydrogen-bond donors (Lipinski definition) is 2. The van der Waals surface area contributed by atoms with Crippen molar-refractivity contribution in [1.29, 1.82) is 0 Å². The Kier molecular flexibility index (Phi) is 11.6. The Bertz CT molecular complexity index is 644. The first-order valence-electron chi connectivity index (χ1n) is 10.5. The van der Waals surface area contributed by atoms with Crippen LogP contribution >= 0.6 is 0 Å². The third kappa shape index (κ3) is 8.55. The van der Waals surface area contributed by atoms with Gasteiger partial charge in [-0.1, -0.05) is 71.7 Å². The molecule has 5 heteroatoms. The normalized spacial score (nSPS) is 12.8. The minimum atomic E-state index is 0. The van der Waals surface area contributed by atoms with Gasteiger partial charge in [0.15, 0.2) is 0 Å². The van der Waals surface area contributed by atoms with E-state index in [-0.39, 0.29) is 23.1 Å². The van der Waals surface area contributed by atoms with Crippen molar-refractivity contribution in [3.05, 3.63) is 69.3 Å². The Labute approximate surface area is 194 Å². The molecule has 0 aliphatic heterocycles. The molecule has 154 valence electrons. The summed E-state index contributed by atoms with van der Waals surface area (Å²) in [6.07, 6.45) is 0. The van der Waals surface area contributed by atoms with Gasteiger partial charge < -0.3 is 20.4 Å². The molecule has 0 saturated heterocycles. The summed E-state index contributed by atoms with van der Waals surface area (Å²) in [6.45, 7) is 14.8. The summed E-state index contributed by atoms with van der Waals surface area (Å²) in [7, 11) is 4.54. The standard InChI is InChI=1S/C24H36N4.Mg/c1-19-9-7-10-20(2)23(19)25-13-15-27(5)17-18-28(6)16-14-26-24-21(3)11-8-12-22(24)4;/h7-12H,13-18H2,1-6H3;/q-2;+2/p+2. The van der Waals surface area contributed by atoms with Gasteiger partial charge in [-0.2, -0.15) is 0 Å². The fourth-order valence-corrected chi connectivity index (χ4v) is 3.50. The van der Waals surface area contributed by atoms with Crippen LogP contribution in [0.25, 0.3) is 10.6 Å². The molecule has 0 radical (unpaired) electrons. The van der Waals surface area contributed by atoms with E-state index in [1.54, 1.807) is 9.80 Å². The van der Waals surface area contributed by atoms with Crippen LogP contribution in [0.5, 0.6) is 0 Å². The van der Waals surface area contributed by atoms with Crippen LogP contribution in [0.15, 0.2) is 36.4 Å². The van der Waals surface area contributed by atoms with Crippen molar-refractivity contribution in [2.45, 2.75) is 27.7 Å². The summed E-state index contributed by atoms with van der Waals surface area (Å²) in [5.74, 6) is 0. The molecule has 2 unspecified atom stereocenters. The first-order valence-corrected chi connectivity index (χ1v) is 10.5. The van der Waals surface area contributed by atoms with Crippen molar-refractivity contribution in [3.8, 4) is 0 Å². The summed E-state index contributed by atoms with van der Waals surface area (Å²) in [5.41, 5.74) is 7.44. The van der Waals surface area contributed by atoms with E-state index in [1.165, 1.54) is 33.6 Å². The van der Waals surface area contributed by atoms with Crippen LogP contribution in [0.1, 0.15) is 22.3 Å². The third-order valence-electron chi connectivity index (χ3n) is 5.47. The fourth-order valence-electron chi connectivity index (χ4n) is 3.50. The van der Waals surface area contributed by atoms with Gasteiger partial charge in [0.2, 0.25) is 0 Å². The Morgan fingerprint density at radius 3 is 1.21 bits per heavy atom. The van der Waals surface area contributed by atoms with Gasteiger partial charge in [-0.25, -0.2) is 0 Å². The second-order valence-corrected chi connectivity index (χ2v) is 8.16. The molecule has 2 rings (SSSR count). The summed E-state index contributed by atoms with van der Waals surface area (Å²) in [6, 6.07) is 12.8. The summed E-state index contributed by atoms with van der Waals surface area (Å²) in [5, 5.41) is 9.66. The van der Waals surface area contributed by atoms with Crippen LogP contribution in [0.2, 0.25) is 0 Å². The average Bonchev–Trinajstić information content (AvgIpc) is 2.65.